The fraction of sp³-hybridized carbons (Fsp3) is 0.684. The summed E-state index contributed by atoms with van der Waals surface area (Å²) in [6.07, 6.45) is 5.05. The molecule has 2 nitrogen and oxygen atoms in total. The summed E-state index contributed by atoms with van der Waals surface area (Å²) in [6, 6.07) is 9.10. The number of hydrogen-bond acceptors (Lipinski definition) is 2. The molecule has 1 aromatic carbocycles. The highest BCUT2D eigenvalue weighted by molar-refractivity contribution is 5.27. The molecule has 1 rings (SSSR count). The highest BCUT2D eigenvalue weighted by Gasteiger charge is 2.15. The van der Waals surface area contributed by atoms with E-state index in [4.69, 9.17) is 4.74 Å². The molecule has 1 aromatic rings. The molecule has 0 aromatic heterocycles. The lowest BCUT2D eigenvalue weighted by Gasteiger charge is -2.23. The van der Waals surface area contributed by atoms with Crippen molar-refractivity contribution in [1.29, 1.82) is 0 Å². The molecule has 0 bridgehead atoms. The Morgan fingerprint density at radius 1 is 1.00 bits per heavy atom. The average molecular weight is 291 g/mol. The fourth-order valence-electron chi connectivity index (χ4n) is 2.83. The predicted molar refractivity (Wildman–Crippen MR) is 92.0 cm³/mol. The van der Waals surface area contributed by atoms with Crippen molar-refractivity contribution >= 4 is 0 Å². The van der Waals surface area contributed by atoms with Gasteiger partial charge in [0.05, 0.1) is 7.11 Å². The molecule has 0 amide bonds. The second kappa shape index (κ2) is 9.83. The van der Waals surface area contributed by atoms with Crippen LogP contribution >= 0.6 is 0 Å². The summed E-state index contributed by atoms with van der Waals surface area (Å²) in [6.45, 7) is 10.2. The van der Waals surface area contributed by atoms with Crippen LogP contribution in [0.5, 0.6) is 5.75 Å². The standard InChI is InChI=1S/C19H33NO/c1-6-16(7-2)12-18(14-20-15(3)4)13-17-8-10-19(21-5)11-9-17/h8-11,15-16,18,20H,6-7,12-14H2,1-5H3. The van der Waals surface area contributed by atoms with Crippen LogP contribution in [0.4, 0.5) is 0 Å². The normalized spacial score (nSPS) is 12.9. The third kappa shape index (κ3) is 6.99. The van der Waals surface area contributed by atoms with Gasteiger partial charge < -0.3 is 10.1 Å². The molecule has 1 N–H and O–H groups in total. The SMILES string of the molecule is CCC(CC)CC(CNC(C)C)Cc1ccc(OC)cc1. The quantitative estimate of drug-likeness (QED) is 0.676. The van der Waals surface area contributed by atoms with E-state index in [0.29, 0.717) is 12.0 Å². The molecule has 2 heteroatoms. The molecule has 0 radical (unpaired) electrons. The van der Waals surface area contributed by atoms with Gasteiger partial charge >= 0.3 is 0 Å². The molecule has 0 fully saturated rings. The Morgan fingerprint density at radius 3 is 2.10 bits per heavy atom. The maximum absolute atomic E-state index is 5.24. The maximum Gasteiger partial charge on any atom is 0.118 e. The number of rotatable bonds is 10. The first kappa shape index (κ1) is 18.0. The van der Waals surface area contributed by atoms with Gasteiger partial charge in [0, 0.05) is 6.04 Å². The lowest BCUT2D eigenvalue weighted by Crippen LogP contribution is -2.31. The van der Waals surface area contributed by atoms with Gasteiger partial charge in [-0.1, -0.05) is 52.7 Å². The first-order valence-corrected chi connectivity index (χ1v) is 8.45. The smallest absolute Gasteiger partial charge is 0.118 e. The van der Waals surface area contributed by atoms with Crippen LogP contribution in [0.15, 0.2) is 24.3 Å². The van der Waals surface area contributed by atoms with Crippen molar-refractivity contribution in [2.75, 3.05) is 13.7 Å². The van der Waals surface area contributed by atoms with Gasteiger partial charge in [0.15, 0.2) is 0 Å². The fourth-order valence-corrected chi connectivity index (χ4v) is 2.83. The first-order chi connectivity index (χ1) is 10.1. The van der Waals surface area contributed by atoms with Gasteiger partial charge in [-0.25, -0.2) is 0 Å². The van der Waals surface area contributed by atoms with Gasteiger partial charge in [-0.15, -0.1) is 0 Å². The number of ether oxygens (including phenoxy) is 1. The van der Waals surface area contributed by atoms with Crippen LogP contribution in [-0.4, -0.2) is 19.7 Å². The zero-order chi connectivity index (χ0) is 15.7. The Morgan fingerprint density at radius 2 is 1.62 bits per heavy atom. The molecular formula is C19H33NO. The second-order valence-electron chi connectivity index (χ2n) is 6.40. The third-order valence-corrected chi connectivity index (χ3v) is 4.32. The second-order valence-corrected chi connectivity index (χ2v) is 6.40. The van der Waals surface area contributed by atoms with E-state index in [0.717, 1.165) is 24.6 Å². The summed E-state index contributed by atoms with van der Waals surface area (Å²) >= 11 is 0. The maximum atomic E-state index is 5.24. The van der Waals surface area contributed by atoms with Crippen LogP contribution < -0.4 is 10.1 Å². The largest absolute Gasteiger partial charge is 0.497 e. The van der Waals surface area contributed by atoms with Gasteiger partial charge in [0.1, 0.15) is 5.75 Å². The van der Waals surface area contributed by atoms with Gasteiger partial charge in [-0.2, -0.15) is 0 Å². The van der Waals surface area contributed by atoms with Crippen LogP contribution in [0.3, 0.4) is 0 Å². The zero-order valence-corrected chi connectivity index (χ0v) is 14.5. The molecular weight excluding hydrogens is 258 g/mol. The molecule has 0 aliphatic heterocycles. The van der Waals surface area contributed by atoms with Crippen LogP contribution in [0.1, 0.15) is 52.5 Å². The summed E-state index contributed by atoms with van der Waals surface area (Å²) in [5.41, 5.74) is 1.41. The minimum Gasteiger partial charge on any atom is -0.497 e. The van der Waals surface area contributed by atoms with E-state index in [9.17, 15) is 0 Å². The molecule has 120 valence electrons. The molecule has 1 unspecified atom stereocenters. The van der Waals surface area contributed by atoms with Gasteiger partial charge in [-0.05, 0) is 48.9 Å². The minimum absolute atomic E-state index is 0.560. The lowest BCUT2D eigenvalue weighted by atomic mass is 9.86. The molecule has 0 aliphatic carbocycles. The summed E-state index contributed by atoms with van der Waals surface area (Å²) < 4.78 is 5.24. The van der Waals surface area contributed by atoms with E-state index in [2.05, 4.69) is 57.3 Å². The number of methoxy groups -OCH3 is 1. The summed E-state index contributed by atoms with van der Waals surface area (Å²) in [4.78, 5) is 0. The minimum atomic E-state index is 0.560. The van der Waals surface area contributed by atoms with Crippen molar-refractivity contribution in [3.63, 3.8) is 0 Å². The van der Waals surface area contributed by atoms with E-state index >= 15 is 0 Å². The van der Waals surface area contributed by atoms with E-state index in [-0.39, 0.29) is 0 Å². The van der Waals surface area contributed by atoms with Crippen LogP contribution in [0, 0.1) is 11.8 Å². The van der Waals surface area contributed by atoms with Crippen molar-refractivity contribution in [2.24, 2.45) is 11.8 Å². The molecule has 0 aliphatic rings. The Balaban J connectivity index is 2.65. The van der Waals surface area contributed by atoms with Crippen LogP contribution in [-0.2, 0) is 6.42 Å². The Labute approximate surface area is 131 Å². The molecule has 0 saturated heterocycles. The summed E-state index contributed by atoms with van der Waals surface area (Å²) in [5.74, 6) is 2.50. The van der Waals surface area contributed by atoms with Crippen LogP contribution in [0.2, 0.25) is 0 Å². The Kier molecular flexibility index (Phi) is 8.44. The molecule has 21 heavy (non-hydrogen) atoms. The average Bonchev–Trinajstić information content (AvgIpc) is 2.50. The topological polar surface area (TPSA) is 21.3 Å². The van der Waals surface area contributed by atoms with Gasteiger partial charge in [0.2, 0.25) is 0 Å². The Bertz CT molecular complexity index is 368. The lowest BCUT2D eigenvalue weighted by molar-refractivity contribution is 0.331. The molecule has 0 saturated carbocycles. The highest BCUT2D eigenvalue weighted by Crippen LogP contribution is 2.23. The van der Waals surface area contributed by atoms with E-state index in [1.54, 1.807) is 7.11 Å². The van der Waals surface area contributed by atoms with Crippen molar-refractivity contribution in [1.82, 2.24) is 5.32 Å². The van der Waals surface area contributed by atoms with Gasteiger partial charge in [0.25, 0.3) is 0 Å². The first-order valence-electron chi connectivity index (χ1n) is 8.45. The van der Waals surface area contributed by atoms with E-state index in [1.807, 2.05) is 0 Å². The van der Waals surface area contributed by atoms with E-state index < -0.39 is 0 Å². The van der Waals surface area contributed by atoms with E-state index in [1.165, 1.54) is 24.8 Å². The van der Waals surface area contributed by atoms with Gasteiger partial charge in [-0.3, -0.25) is 0 Å². The zero-order valence-electron chi connectivity index (χ0n) is 14.5. The number of hydrogen-bond donors (Lipinski definition) is 1. The summed E-state index contributed by atoms with van der Waals surface area (Å²) in [5, 5.41) is 3.62. The monoisotopic (exact) mass is 291 g/mol. The van der Waals surface area contributed by atoms with Crippen LogP contribution in [0.25, 0.3) is 0 Å². The third-order valence-electron chi connectivity index (χ3n) is 4.32. The molecule has 0 spiro atoms. The predicted octanol–water partition coefficient (Wildman–Crippen LogP) is 4.68. The number of nitrogens with one attached hydrogen (secondary N) is 1. The van der Waals surface area contributed by atoms with Crippen molar-refractivity contribution in [3.05, 3.63) is 29.8 Å². The summed E-state index contributed by atoms with van der Waals surface area (Å²) in [7, 11) is 1.72. The Hall–Kier alpha value is -1.02. The highest BCUT2D eigenvalue weighted by atomic mass is 16.5. The molecule has 1 atom stereocenters. The van der Waals surface area contributed by atoms with Crippen molar-refractivity contribution in [3.8, 4) is 5.75 Å². The molecule has 0 heterocycles. The number of benzene rings is 1. The van der Waals surface area contributed by atoms with Crippen molar-refractivity contribution in [2.45, 2.75) is 59.4 Å². The van der Waals surface area contributed by atoms with Crippen molar-refractivity contribution < 1.29 is 4.74 Å².